The van der Waals surface area contributed by atoms with Gasteiger partial charge in [0.2, 0.25) is 5.91 Å². The smallest absolute Gasteiger partial charge is 0.219 e. The molecule has 0 aromatic carbocycles. The molecule has 0 spiro atoms. The Morgan fingerprint density at radius 2 is 2.29 bits per heavy atom. The third kappa shape index (κ3) is 5.01. The van der Waals surface area contributed by atoms with E-state index in [0.717, 1.165) is 44.5 Å². The maximum absolute atomic E-state index is 11.4. The van der Waals surface area contributed by atoms with Crippen LogP contribution < -0.4 is 5.32 Å². The number of anilines is 1. The Hall–Kier alpha value is -1.62. The van der Waals surface area contributed by atoms with Gasteiger partial charge in [0.15, 0.2) is 0 Å². The minimum Gasteiger partial charge on any atom is -0.395 e. The summed E-state index contributed by atoms with van der Waals surface area (Å²) in [5.74, 6) is 0.803. The molecule has 0 bridgehead atoms. The number of likely N-dealkylation sites (tertiary alicyclic amines) is 1. The van der Waals surface area contributed by atoms with Gasteiger partial charge in [0, 0.05) is 39.0 Å². The van der Waals surface area contributed by atoms with Crippen molar-refractivity contribution in [1.29, 1.82) is 0 Å². The highest BCUT2D eigenvalue weighted by Gasteiger charge is 2.18. The number of hydrogen-bond acceptors (Lipinski definition) is 4. The van der Waals surface area contributed by atoms with Gasteiger partial charge in [-0.3, -0.25) is 9.78 Å². The third-order valence-corrected chi connectivity index (χ3v) is 4.05. The van der Waals surface area contributed by atoms with E-state index < -0.39 is 0 Å². The molecule has 1 aliphatic rings. The van der Waals surface area contributed by atoms with Crippen LogP contribution in [0, 0.1) is 5.92 Å². The lowest BCUT2D eigenvalue weighted by Gasteiger charge is -2.18. The molecule has 5 nitrogen and oxygen atoms in total. The molecule has 116 valence electrons. The zero-order valence-electron chi connectivity index (χ0n) is 12.7. The summed E-state index contributed by atoms with van der Waals surface area (Å²) in [5.41, 5.74) is 2.18. The zero-order chi connectivity index (χ0) is 15.1. The molecule has 1 saturated heterocycles. The van der Waals surface area contributed by atoms with Gasteiger partial charge in [0.1, 0.15) is 0 Å². The van der Waals surface area contributed by atoms with Gasteiger partial charge in [0.25, 0.3) is 0 Å². The molecule has 1 amide bonds. The predicted octanol–water partition coefficient (Wildman–Crippen LogP) is 1.68. The fourth-order valence-corrected chi connectivity index (χ4v) is 2.91. The van der Waals surface area contributed by atoms with E-state index in [-0.39, 0.29) is 12.5 Å². The second-order valence-electron chi connectivity index (χ2n) is 5.74. The molecule has 2 rings (SSSR count). The van der Waals surface area contributed by atoms with Gasteiger partial charge in [-0.25, -0.2) is 0 Å². The number of carbonyl (C=O) groups excluding carboxylic acids is 1. The molecule has 1 aromatic heterocycles. The molecule has 1 aromatic rings. The molecule has 0 radical (unpaired) electrons. The summed E-state index contributed by atoms with van der Waals surface area (Å²) >= 11 is 0. The summed E-state index contributed by atoms with van der Waals surface area (Å²) in [6.45, 7) is 4.08. The van der Waals surface area contributed by atoms with Crippen molar-refractivity contribution in [2.75, 3.05) is 31.6 Å². The maximum atomic E-state index is 11.4. The summed E-state index contributed by atoms with van der Waals surface area (Å²) in [5, 5.41) is 12.0. The van der Waals surface area contributed by atoms with E-state index in [2.05, 4.69) is 16.4 Å². The van der Waals surface area contributed by atoms with Crippen LogP contribution in [0.25, 0.3) is 0 Å². The van der Waals surface area contributed by atoms with E-state index in [9.17, 15) is 4.79 Å². The first-order valence-corrected chi connectivity index (χ1v) is 7.73. The quantitative estimate of drug-likeness (QED) is 0.866. The monoisotopic (exact) mass is 291 g/mol. The molecule has 0 aliphatic carbocycles. The number of nitrogens with one attached hydrogen (secondary N) is 1. The Kier molecular flexibility index (Phi) is 5.99. The van der Waals surface area contributed by atoms with Gasteiger partial charge < -0.3 is 15.3 Å². The fourth-order valence-electron chi connectivity index (χ4n) is 2.91. The molecule has 0 saturated carbocycles. The third-order valence-electron chi connectivity index (χ3n) is 4.05. The Morgan fingerprint density at radius 3 is 3.05 bits per heavy atom. The molecular weight excluding hydrogens is 266 g/mol. The van der Waals surface area contributed by atoms with Gasteiger partial charge in [-0.1, -0.05) is 0 Å². The van der Waals surface area contributed by atoms with Crippen molar-refractivity contribution in [1.82, 2.24) is 9.88 Å². The highest BCUT2D eigenvalue weighted by atomic mass is 16.3. The SMILES string of the molecule is CC(=O)N1CCCC(Cc2cncc(NCCO)c2)CC1. The van der Waals surface area contributed by atoms with E-state index in [4.69, 9.17) is 5.11 Å². The van der Waals surface area contributed by atoms with Gasteiger partial charge in [0.05, 0.1) is 12.3 Å². The van der Waals surface area contributed by atoms with Crippen molar-refractivity contribution in [3.8, 4) is 0 Å². The second kappa shape index (κ2) is 7.98. The molecule has 1 unspecified atom stereocenters. The van der Waals surface area contributed by atoms with E-state index in [1.807, 2.05) is 11.1 Å². The van der Waals surface area contributed by atoms with Crippen LogP contribution in [-0.2, 0) is 11.2 Å². The van der Waals surface area contributed by atoms with Crippen LogP contribution in [0.3, 0.4) is 0 Å². The highest BCUT2D eigenvalue weighted by molar-refractivity contribution is 5.73. The van der Waals surface area contributed by atoms with Crippen molar-refractivity contribution in [3.05, 3.63) is 24.0 Å². The Balaban J connectivity index is 1.90. The minimum absolute atomic E-state index is 0.119. The number of rotatable bonds is 5. The Labute approximate surface area is 126 Å². The predicted molar refractivity (Wildman–Crippen MR) is 83.1 cm³/mol. The Bertz CT molecular complexity index is 465. The first kappa shape index (κ1) is 15.8. The summed E-state index contributed by atoms with van der Waals surface area (Å²) < 4.78 is 0. The average Bonchev–Trinajstić information content (AvgIpc) is 2.71. The van der Waals surface area contributed by atoms with Crippen LogP contribution in [0.15, 0.2) is 18.5 Å². The fraction of sp³-hybridized carbons (Fsp3) is 0.625. The summed E-state index contributed by atoms with van der Waals surface area (Å²) in [6.07, 6.45) is 8.01. The largest absolute Gasteiger partial charge is 0.395 e. The van der Waals surface area contributed by atoms with Crippen molar-refractivity contribution >= 4 is 11.6 Å². The van der Waals surface area contributed by atoms with Gasteiger partial charge >= 0.3 is 0 Å². The number of pyridine rings is 1. The standard InChI is InChI=1S/C16H25N3O2/c1-13(21)19-6-2-3-14(4-7-19)9-15-10-16(12-17-11-15)18-5-8-20/h10-12,14,18,20H,2-9H2,1H3. The number of aliphatic hydroxyl groups is 1. The minimum atomic E-state index is 0.119. The molecule has 2 N–H and O–H groups in total. The first-order valence-electron chi connectivity index (χ1n) is 7.73. The number of aromatic nitrogens is 1. The van der Waals surface area contributed by atoms with E-state index in [0.29, 0.717) is 12.5 Å². The van der Waals surface area contributed by atoms with Gasteiger partial charge in [-0.15, -0.1) is 0 Å². The summed E-state index contributed by atoms with van der Waals surface area (Å²) in [7, 11) is 0. The number of carbonyl (C=O) groups is 1. The molecular formula is C16H25N3O2. The second-order valence-corrected chi connectivity index (χ2v) is 5.74. The van der Waals surface area contributed by atoms with Crippen LogP contribution in [0.2, 0.25) is 0 Å². The average molecular weight is 291 g/mol. The topological polar surface area (TPSA) is 65.5 Å². The molecule has 5 heteroatoms. The normalized spacial score (nSPS) is 19.1. The molecule has 1 fully saturated rings. The number of amides is 1. The van der Waals surface area contributed by atoms with Crippen LogP contribution in [0.5, 0.6) is 0 Å². The highest BCUT2D eigenvalue weighted by Crippen LogP contribution is 2.22. The number of hydrogen-bond donors (Lipinski definition) is 2. The molecule has 2 heterocycles. The number of aliphatic hydroxyl groups excluding tert-OH is 1. The summed E-state index contributed by atoms with van der Waals surface area (Å²) in [4.78, 5) is 17.7. The van der Waals surface area contributed by atoms with Crippen LogP contribution in [0.1, 0.15) is 31.7 Å². The molecule has 1 aliphatic heterocycles. The van der Waals surface area contributed by atoms with Crippen molar-refractivity contribution in [3.63, 3.8) is 0 Å². The molecule has 21 heavy (non-hydrogen) atoms. The molecule has 1 atom stereocenters. The lowest BCUT2D eigenvalue weighted by atomic mass is 9.93. The van der Waals surface area contributed by atoms with Crippen LogP contribution in [0.4, 0.5) is 5.69 Å². The van der Waals surface area contributed by atoms with Crippen molar-refractivity contribution < 1.29 is 9.90 Å². The Morgan fingerprint density at radius 1 is 1.43 bits per heavy atom. The zero-order valence-corrected chi connectivity index (χ0v) is 12.7. The van der Waals surface area contributed by atoms with E-state index in [1.165, 1.54) is 5.56 Å². The lowest BCUT2D eigenvalue weighted by molar-refractivity contribution is -0.128. The van der Waals surface area contributed by atoms with Gasteiger partial charge in [-0.2, -0.15) is 0 Å². The van der Waals surface area contributed by atoms with Crippen molar-refractivity contribution in [2.45, 2.75) is 32.6 Å². The van der Waals surface area contributed by atoms with Crippen molar-refractivity contribution in [2.24, 2.45) is 5.92 Å². The lowest BCUT2D eigenvalue weighted by Crippen LogP contribution is -2.29. The van der Waals surface area contributed by atoms with E-state index >= 15 is 0 Å². The van der Waals surface area contributed by atoms with Crippen LogP contribution >= 0.6 is 0 Å². The number of nitrogens with zero attached hydrogens (tertiary/aromatic N) is 2. The van der Waals surface area contributed by atoms with Crippen LogP contribution in [-0.4, -0.2) is 47.1 Å². The maximum Gasteiger partial charge on any atom is 0.219 e. The van der Waals surface area contributed by atoms with E-state index in [1.54, 1.807) is 13.1 Å². The van der Waals surface area contributed by atoms with Gasteiger partial charge in [-0.05, 0) is 43.2 Å². The summed E-state index contributed by atoms with van der Waals surface area (Å²) in [6, 6.07) is 2.11. The first-order chi connectivity index (χ1) is 10.2.